The summed E-state index contributed by atoms with van der Waals surface area (Å²) in [6, 6.07) is 15.0. The molecule has 0 N–H and O–H groups in total. The van der Waals surface area contributed by atoms with E-state index in [2.05, 4.69) is 30.9 Å². The van der Waals surface area contributed by atoms with Gasteiger partial charge in [-0.2, -0.15) is 8.78 Å². The molecule has 0 saturated heterocycles. The molecular weight excluding hydrogens is 414 g/mol. The van der Waals surface area contributed by atoms with E-state index in [4.69, 9.17) is 4.74 Å². The van der Waals surface area contributed by atoms with E-state index < -0.39 is 6.11 Å². The zero-order valence-electron chi connectivity index (χ0n) is 19.9. The minimum Gasteiger partial charge on any atom is -0.316 e. The Morgan fingerprint density at radius 1 is 0.909 bits per heavy atom. The van der Waals surface area contributed by atoms with Crippen molar-refractivity contribution in [1.29, 1.82) is 0 Å². The quantitative estimate of drug-likeness (QED) is 0.293. The van der Waals surface area contributed by atoms with Crippen molar-refractivity contribution in [3.8, 4) is 0 Å². The number of hydrogen-bond donors (Lipinski definition) is 0. The summed E-state index contributed by atoms with van der Waals surface area (Å²) in [5.41, 5.74) is 3.38. The van der Waals surface area contributed by atoms with Crippen LogP contribution in [0.1, 0.15) is 80.0 Å². The van der Waals surface area contributed by atoms with Crippen LogP contribution in [0, 0.1) is 5.92 Å². The van der Waals surface area contributed by atoms with Crippen LogP contribution < -0.4 is 0 Å². The van der Waals surface area contributed by atoms with Gasteiger partial charge in [0.05, 0.1) is 12.2 Å². The van der Waals surface area contributed by atoms with Crippen molar-refractivity contribution < 1.29 is 13.5 Å². The van der Waals surface area contributed by atoms with Crippen molar-refractivity contribution in [2.75, 3.05) is 6.61 Å². The lowest BCUT2D eigenvalue weighted by atomic mass is 9.77. The third-order valence-electron chi connectivity index (χ3n) is 6.88. The number of alkyl halides is 2. The van der Waals surface area contributed by atoms with E-state index in [9.17, 15) is 8.78 Å². The number of halogens is 2. The molecule has 0 spiro atoms. The monoisotopic (exact) mass is 452 g/mol. The van der Waals surface area contributed by atoms with Gasteiger partial charge in [0, 0.05) is 0 Å². The predicted molar refractivity (Wildman–Crippen MR) is 134 cm³/mol. The second-order valence-corrected chi connectivity index (χ2v) is 9.25. The van der Waals surface area contributed by atoms with E-state index in [1.807, 2.05) is 37.3 Å². The van der Waals surface area contributed by atoms with E-state index in [1.54, 1.807) is 12.1 Å². The van der Waals surface area contributed by atoms with Crippen LogP contribution in [-0.2, 0) is 23.7 Å². The summed E-state index contributed by atoms with van der Waals surface area (Å²) >= 11 is 0. The molecule has 178 valence electrons. The molecule has 0 amide bonds. The van der Waals surface area contributed by atoms with Crippen LogP contribution in [0.3, 0.4) is 0 Å². The Bertz CT molecular complexity index is 859. The van der Waals surface area contributed by atoms with Crippen molar-refractivity contribution in [3.05, 3.63) is 95.6 Å². The largest absolute Gasteiger partial charge is 0.383 e. The number of hydrogen-bond acceptors (Lipinski definition) is 1. The molecule has 0 aromatic heterocycles. The SMILES string of the molecule is C=CCCC1CCC(c2ccc(C(F)(F)OCCc3ccc(CCC=CC)cc3)cc2)CC1. The van der Waals surface area contributed by atoms with Crippen molar-refractivity contribution in [1.82, 2.24) is 0 Å². The van der Waals surface area contributed by atoms with Gasteiger partial charge in [-0.1, -0.05) is 66.8 Å². The molecule has 2 aromatic rings. The first-order chi connectivity index (χ1) is 16.0. The molecule has 0 heterocycles. The highest BCUT2D eigenvalue weighted by atomic mass is 19.3. The van der Waals surface area contributed by atoms with Crippen molar-refractivity contribution in [2.45, 2.75) is 76.7 Å². The second-order valence-electron chi connectivity index (χ2n) is 9.25. The summed E-state index contributed by atoms with van der Waals surface area (Å²) in [7, 11) is 0. The van der Waals surface area contributed by atoms with E-state index in [1.165, 1.54) is 30.4 Å². The summed E-state index contributed by atoms with van der Waals surface area (Å²) in [6.07, 6.45) is 12.4. The Hall–Kier alpha value is -2.26. The lowest BCUT2D eigenvalue weighted by Gasteiger charge is -2.29. The standard InChI is InChI=1S/C30H38F2O/c1-3-5-7-9-25-10-12-26(13-11-25)22-23-33-30(31,32)29-20-18-28(19-21-29)27-16-14-24(15-17-27)8-6-4-2/h3-5,10-13,18-21,24,27H,2,6-9,14-17,22-23H2,1H3. The Labute approximate surface area is 198 Å². The van der Waals surface area contributed by atoms with Gasteiger partial charge in [-0.05, 0) is 93.2 Å². The van der Waals surface area contributed by atoms with E-state index in [0.29, 0.717) is 12.3 Å². The maximum absolute atomic E-state index is 14.6. The molecule has 0 radical (unpaired) electrons. The first kappa shape index (κ1) is 25.4. The summed E-state index contributed by atoms with van der Waals surface area (Å²) < 4.78 is 34.2. The average Bonchev–Trinajstić information content (AvgIpc) is 2.84. The van der Waals surface area contributed by atoms with Crippen molar-refractivity contribution in [3.63, 3.8) is 0 Å². The molecule has 0 unspecified atom stereocenters. The molecule has 3 rings (SSSR count). The molecule has 3 heteroatoms. The molecule has 1 aliphatic carbocycles. The Morgan fingerprint density at radius 2 is 1.55 bits per heavy atom. The number of ether oxygens (including phenoxy) is 1. The molecular formula is C30H38F2O. The number of allylic oxidation sites excluding steroid dienone is 3. The Kier molecular flexibility index (Phi) is 9.87. The summed E-state index contributed by atoms with van der Waals surface area (Å²) in [4.78, 5) is 0. The highest BCUT2D eigenvalue weighted by Gasteiger charge is 2.33. The molecule has 33 heavy (non-hydrogen) atoms. The fourth-order valence-corrected chi connectivity index (χ4v) is 4.76. The topological polar surface area (TPSA) is 9.23 Å². The highest BCUT2D eigenvalue weighted by Crippen LogP contribution is 2.38. The number of rotatable bonds is 12. The lowest BCUT2D eigenvalue weighted by molar-refractivity contribution is -0.248. The van der Waals surface area contributed by atoms with Crippen molar-refractivity contribution in [2.24, 2.45) is 5.92 Å². The van der Waals surface area contributed by atoms with Gasteiger partial charge in [0.25, 0.3) is 0 Å². The molecule has 0 bridgehead atoms. The zero-order chi connectivity index (χ0) is 23.5. The van der Waals surface area contributed by atoms with Crippen LogP contribution in [-0.4, -0.2) is 6.61 Å². The Balaban J connectivity index is 1.46. The van der Waals surface area contributed by atoms with E-state index >= 15 is 0 Å². The smallest absolute Gasteiger partial charge is 0.316 e. The fourth-order valence-electron chi connectivity index (χ4n) is 4.76. The van der Waals surface area contributed by atoms with Gasteiger partial charge in [0.15, 0.2) is 0 Å². The average molecular weight is 453 g/mol. The van der Waals surface area contributed by atoms with Crippen LogP contribution in [0.25, 0.3) is 0 Å². The van der Waals surface area contributed by atoms with Gasteiger partial charge in [-0.25, -0.2) is 0 Å². The summed E-state index contributed by atoms with van der Waals surface area (Å²) in [6.45, 7) is 5.82. The summed E-state index contributed by atoms with van der Waals surface area (Å²) in [5, 5.41) is 0. The van der Waals surface area contributed by atoms with Gasteiger partial charge in [0.2, 0.25) is 0 Å². The fraction of sp³-hybridized carbons (Fsp3) is 0.467. The maximum Gasteiger partial charge on any atom is 0.383 e. The van der Waals surface area contributed by atoms with Crippen LogP contribution in [0.5, 0.6) is 0 Å². The second kappa shape index (κ2) is 12.8. The van der Waals surface area contributed by atoms with Gasteiger partial charge < -0.3 is 4.74 Å². The van der Waals surface area contributed by atoms with Gasteiger partial charge in [0.1, 0.15) is 0 Å². The molecule has 1 saturated carbocycles. The third-order valence-corrected chi connectivity index (χ3v) is 6.88. The van der Waals surface area contributed by atoms with E-state index in [0.717, 1.165) is 43.6 Å². The molecule has 2 aromatic carbocycles. The molecule has 1 fully saturated rings. The zero-order valence-corrected chi connectivity index (χ0v) is 19.9. The lowest BCUT2D eigenvalue weighted by Crippen LogP contribution is -2.20. The predicted octanol–water partition coefficient (Wildman–Crippen LogP) is 8.74. The van der Waals surface area contributed by atoms with Crippen LogP contribution in [0.4, 0.5) is 8.78 Å². The maximum atomic E-state index is 14.6. The first-order valence-electron chi connectivity index (χ1n) is 12.4. The molecule has 1 aliphatic rings. The minimum atomic E-state index is -3.27. The normalized spacial score (nSPS) is 19.1. The molecule has 0 atom stereocenters. The molecule has 0 aliphatic heterocycles. The Morgan fingerprint density at radius 3 is 2.15 bits per heavy atom. The summed E-state index contributed by atoms with van der Waals surface area (Å²) in [5.74, 6) is 1.26. The first-order valence-corrected chi connectivity index (χ1v) is 12.4. The third kappa shape index (κ3) is 7.92. The van der Waals surface area contributed by atoms with Crippen LogP contribution in [0.2, 0.25) is 0 Å². The number of benzene rings is 2. The van der Waals surface area contributed by atoms with Gasteiger partial charge >= 0.3 is 6.11 Å². The van der Waals surface area contributed by atoms with Crippen LogP contribution >= 0.6 is 0 Å². The van der Waals surface area contributed by atoms with Crippen LogP contribution in [0.15, 0.2) is 73.3 Å². The van der Waals surface area contributed by atoms with E-state index in [-0.39, 0.29) is 12.2 Å². The highest BCUT2D eigenvalue weighted by molar-refractivity contribution is 5.28. The van der Waals surface area contributed by atoms with Crippen molar-refractivity contribution >= 4 is 0 Å². The number of aryl methyl sites for hydroxylation is 1. The van der Waals surface area contributed by atoms with Gasteiger partial charge in [-0.3, -0.25) is 0 Å². The van der Waals surface area contributed by atoms with Gasteiger partial charge in [-0.15, -0.1) is 6.58 Å². The molecule has 1 nitrogen and oxygen atoms in total. The minimum absolute atomic E-state index is 0.0125.